The molecule has 2 fully saturated rings. The number of carbonyl (C=O) groups excluding carboxylic acids is 1. The standard InChI is InChI=1S/C17H25N3O3S/c1-13-10-14-6-3-4-8-16(14)20(13)17(21)12-19(2)24(22,23)15-7-5-9-18-11-15/h5,7,9,11,13-14,16H,3-4,6,8,10,12H2,1-2H3. The zero-order chi connectivity index (χ0) is 17.3. The highest BCUT2D eigenvalue weighted by molar-refractivity contribution is 7.89. The molecule has 1 amide bonds. The monoisotopic (exact) mass is 351 g/mol. The summed E-state index contributed by atoms with van der Waals surface area (Å²) >= 11 is 0. The molecule has 0 aromatic carbocycles. The van der Waals surface area contributed by atoms with Crippen molar-refractivity contribution in [3.63, 3.8) is 0 Å². The quantitative estimate of drug-likeness (QED) is 0.830. The van der Waals surface area contributed by atoms with Crippen LogP contribution in [0.15, 0.2) is 29.4 Å². The maximum Gasteiger partial charge on any atom is 0.244 e. The summed E-state index contributed by atoms with van der Waals surface area (Å²) in [7, 11) is -2.23. The predicted octanol–water partition coefficient (Wildman–Crippen LogP) is 1.88. The van der Waals surface area contributed by atoms with Crippen LogP contribution in [0.4, 0.5) is 0 Å². The van der Waals surface area contributed by atoms with E-state index in [4.69, 9.17) is 0 Å². The number of fused-ring (bicyclic) bond motifs is 1. The average molecular weight is 351 g/mol. The van der Waals surface area contributed by atoms with Crippen molar-refractivity contribution in [2.24, 2.45) is 5.92 Å². The van der Waals surface area contributed by atoms with Gasteiger partial charge >= 0.3 is 0 Å². The van der Waals surface area contributed by atoms with Crippen LogP contribution >= 0.6 is 0 Å². The van der Waals surface area contributed by atoms with Gasteiger partial charge in [-0.2, -0.15) is 4.31 Å². The Kier molecular flexibility index (Phi) is 4.92. The van der Waals surface area contributed by atoms with Crippen LogP contribution in [0.5, 0.6) is 0 Å². The van der Waals surface area contributed by atoms with Gasteiger partial charge in [-0.05, 0) is 44.2 Å². The van der Waals surface area contributed by atoms with Gasteiger partial charge in [0.25, 0.3) is 0 Å². The molecular formula is C17H25N3O3S. The van der Waals surface area contributed by atoms with Crippen molar-refractivity contribution < 1.29 is 13.2 Å². The van der Waals surface area contributed by atoms with E-state index in [1.165, 1.54) is 38.3 Å². The molecule has 6 nitrogen and oxygen atoms in total. The second-order valence-electron chi connectivity index (χ2n) is 6.95. The molecule has 3 rings (SSSR count). The molecule has 3 unspecified atom stereocenters. The second kappa shape index (κ2) is 6.80. The van der Waals surface area contributed by atoms with Gasteiger partial charge in [0.1, 0.15) is 4.90 Å². The van der Waals surface area contributed by atoms with Gasteiger partial charge in [0.15, 0.2) is 0 Å². The number of rotatable bonds is 4. The number of likely N-dealkylation sites (N-methyl/N-ethyl adjacent to an activating group) is 1. The molecule has 1 aromatic rings. The lowest BCUT2D eigenvalue weighted by atomic mass is 9.85. The highest BCUT2D eigenvalue weighted by Crippen LogP contribution is 2.39. The van der Waals surface area contributed by atoms with Crippen molar-refractivity contribution in [2.75, 3.05) is 13.6 Å². The smallest absolute Gasteiger partial charge is 0.244 e. The third-order valence-electron chi connectivity index (χ3n) is 5.33. The van der Waals surface area contributed by atoms with Gasteiger partial charge in [0.05, 0.1) is 6.54 Å². The molecule has 1 aliphatic carbocycles. The Balaban J connectivity index is 1.72. The zero-order valence-corrected chi connectivity index (χ0v) is 15.1. The van der Waals surface area contributed by atoms with Crippen LogP contribution in [-0.4, -0.2) is 54.2 Å². The normalized spacial score (nSPS) is 27.3. The van der Waals surface area contributed by atoms with E-state index in [9.17, 15) is 13.2 Å². The summed E-state index contributed by atoms with van der Waals surface area (Å²) in [6.07, 6.45) is 8.50. The Hall–Kier alpha value is -1.47. The fraction of sp³-hybridized carbons (Fsp3) is 0.647. The van der Waals surface area contributed by atoms with E-state index in [0.717, 1.165) is 23.6 Å². The zero-order valence-electron chi connectivity index (χ0n) is 14.3. The van der Waals surface area contributed by atoms with Gasteiger partial charge in [-0.1, -0.05) is 12.8 Å². The number of hydrogen-bond acceptors (Lipinski definition) is 4. The largest absolute Gasteiger partial charge is 0.336 e. The first-order valence-electron chi connectivity index (χ1n) is 8.59. The molecule has 3 atom stereocenters. The number of likely N-dealkylation sites (tertiary alicyclic amines) is 1. The number of aromatic nitrogens is 1. The Bertz CT molecular complexity index is 692. The molecule has 0 radical (unpaired) electrons. The van der Waals surface area contributed by atoms with E-state index in [2.05, 4.69) is 11.9 Å². The molecular weight excluding hydrogens is 326 g/mol. The van der Waals surface area contributed by atoms with Gasteiger partial charge in [0.2, 0.25) is 15.9 Å². The van der Waals surface area contributed by atoms with Gasteiger partial charge in [-0.15, -0.1) is 0 Å². The van der Waals surface area contributed by atoms with Crippen molar-refractivity contribution in [3.8, 4) is 0 Å². The van der Waals surface area contributed by atoms with E-state index >= 15 is 0 Å². The molecule has 2 aliphatic rings. The van der Waals surface area contributed by atoms with Crippen molar-refractivity contribution in [2.45, 2.75) is 56.0 Å². The van der Waals surface area contributed by atoms with Crippen molar-refractivity contribution >= 4 is 15.9 Å². The molecule has 0 N–H and O–H groups in total. The van der Waals surface area contributed by atoms with E-state index in [0.29, 0.717) is 5.92 Å². The highest BCUT2D eigenvalue weighted by Gasteiger charge is 2.42. The third kappa shape index (κ3) is 3.19. The molecule has 132 valence electrons. The number of sulfonamides is 1. The minimum Gasteiger partial charge on any atom is -0.336 e. The lowest BCUT2D eigenvalue weighted by molar-refractivity contribution is -0.134. The fourth-order valence-electron chi connectivity index (χ4n) is 4.18. The number of nitrogens with zero attached hydrogens (tertiary/aromatic N) is 3. The first kappa shape index (κ1) is 17.4. The van der Waals surface area contributed by atoms with Gasteiger partial charge in [0, 0.05) is 31.5 Å². The Morgan fingerprint density at radius 2 is 2.12 bits per heavy atom. The molecule has 1 aliphatic heterocycles. The van der Waals surface area contributed by atoms with Crippen molar-refractivity contribution in [3.05, 3.63) is 24.5 Å². The Morgan fingerprint density at radius 1 is 1.38 bits per heavy atom. The predicted molar refractivity (Wildman–Crippen MR) is 90.7 cm³/mol. The first-order chi connectivity index (χ1) is 11.4. The molecule has 0 spiro atoms. The van der Waals surface area contributed by atoms with E-state index in [-0.39, 0.29) is 29.4 Å². The number of pyridine rings is 1. The van der Waals surface area contributed by atoms with E-state index < -0.39 is 10.0 Å². The maximum absolute atomic E-state index is 12.8. The minimum atomic E-state index is -3.69. The van der Waals surface area contributed by atoms with Crippen LogP contribution in [0.2, 0.25) is 0 Å². The Morgan fingerprint density at radius 3 is 2.83 bits per heavy atom. The second-order valence-corrected chi connectivity index (χ2v) is 8.99. The summed E-state index contributed by atoms with van der Waals surface area (Å²) in [5.74, 6) is 0.491. The molecule has 24 heavy (non-hydrogen) atoms. The van der Waals surface area contributed by atoms with E-state index in [1.54, 1.807) is 6.07 Å². The summed E-state index contributed by atoms with van der Waals surface area (Å²) in [6, 6.07) is 3.56. The van der Waals surface area contributed by atoms with Crippen LogP contribution in [-0.2, 0) is 14.8 Å². The fourth-order valence-corrected chi connectivity index (χ4v) is 5.26. The minimum absolute atomic E-state index is 0.0909. The molecule has 7 heteroatoms. The van der Waals surface area contributed by atoms with Crippen molar-refractivity contribution in [1.29, 1.82) is 0 Å². The molecule has 1 saturated carbocycles. The topological polar surface area (TPSA) is 70.6 Å². The summed E-state index contributed by atoms with van der Waals surface area (Å²) in [5, 5.41) is 0. The van der Waals surface area contributed by atoms with Crippen molar-refractivity contribution in [1.82, 2.24) is 14.2 Å². The summed E-state index contributed by atoms with van der Waals surface area (Å²) in [4.78, 5) is 18.7. The Labute approximate surface area is 143 Å². The molecule has 2 heterocycles. The van der Waals surface area contributed by atoms with Gasteiger partial charge in [-0.3, -0.25) is 9.78 Å². The molecule has 1 aromatic heterocycles. The van der Waals surface area contributed by atoms with Crippen LogP contribution < -0.4 is 0 Å². The summed E-state index contributed by atoms with van der Waals surface area (Å²) in [6.45, 7) is 1.95. The number of hydrogen-bond donors (Lipinski definition) is 0. The number of amides is 1. The average Bonchev–Trinajstić information content (AvgIpc) is 2.91. The van der Waals surface area contributed by atoms with Crippen LogP contribution in [0.3, 0.4) is 0 Å². The molecule has 0 bridgehead atoms. The third-order valence-corrected chi connectivity index (χ3v) is 7.12. The molecule has 1 saturated heterocycles. The van der Waals surface area contributed by atoms with Crippen LogP contribution in [0.1, 0.15) is 39.0 Å². The number of carbonyl (C=O) groups is 1. The van der Waals surface area contributed by atoms with Gasteiger partial charge < -0.3 is 4.90 Å². The first-order valence-corrected chi connectivity index (χ1v) is 10.0. The lowest BCUT2D eigenvalue weighted by Gasteiger charge is -2.34. The summed E-state index contributed by atoms with van der Waals surface area (Å²) < 4.78 is 26.3. The van der Waals surface area contributed by atoms with E-state index in [1.807, 2.05) is 4.90 Å². The van der Waals surface area contributed by atoms with Crippen LogP contribution in [0.25, 0.3) is 0 Å². The lowest BCUT2D eigenvalue weighted by Crippen LogP contribution is -2.47. The van der Waals surface area contributed by atoms with Crippen LogP contribution in [0, 0.1) is 5.92 Å². The highest BCUT2D eigenvalue weighted by atomic mass is 32.2. The summed E-state index contributed by atoms with van der Waals surface area (Å²) in [5.41, 5.74) is 0. The maximum atomic E-state index is 12.8. The SMILES string of the molecule is CC1CC2CCCCC2N1C(=O)CN(C)S(=O)(=O)c1cccnc1. The van der Waals surface area contributed by atoms with Gasteiger partial charge in [-0.25, -0.2) is 8.42 Å².